The van der Waals surface area contributed by atoms with Gasteiger partial charge in [0.25, 0.3) is 5.91 Å². The van der Waals surface area contributed by atoms with Gasteiger partial charge in [-0.25, -0.2) is 9.59 Å². The van der Waals surface area contributed by atoms with E-state index in [2.05, 4.69) is 5.32 Å². The topological polar surface area (TPSA) is 221 Å². The van der Waals surface area contributed by atoms with Crippen molar-refractivity contribution in [2.75, 3.05) is 6.61 Å². The summed E-state index contributed by atoms with van der Waals surface area (Å²) in [5, 5.41) is 40.5. The number of amides is 1. The second-order valence-corrected chi connectivity index (χ2v) is 18.0. The molecule has 2 bridgehead atoms. The lowest BCUT2D eigenvalue weighted by molar-refractivity contribution is -0.346. The summed E-state index contributed by atoms with van der Waals surface area (Å²) in [4.78, 5) is 84.5. The van der Waals surface area contributed by atoms with Crippen LogP contribution in [0, 0.1) is 16.7 Å². The van der Waals surface area contributed by atoms with Crippen molar-refractivity contribution in [2.24, 2.45) is 16.7 Å². The second kappa shape index (κ2) is 17.7. The van der Waals surface area contributed by atoms with Gasteiger partial charge in [-0.3, -0.25) is 19.2 Å². The first-order chi connectivity index (χ1) is 30.3. The Morgan fingerprint density at radius 2 is 1.47 bits per heavy atom. The quantitative estimate of drug-likeness (QED) is 0.112. The van der Waals surface area contributed by atoms with E-state index in [1.54, 1.807) is 99.6 Å². The second-order valence-electron chi connectivity index (χ2n) is 18.0. The van der Waals surface area contributed by atoms with Crippen LogP contribution in [0.1, 0.15) is 99.5 Å². The Bertz CT molecular complexity index is 2320. The summed E-state index contributed by atoms with van der Waals surface area (Å²) in [6.07, 6.45) is -10.1. The summed E-state index contributed by atoms with van der Waals surface area (Å²) in [6.45, 7) is 8.66. The van der Waals surface area contributed by atoms with Crippen LogP contribution in [-0.4, -0.2) is 105 Å². The van der Waals surface area contributed by atoms with Gasteiger partial charge in [0.05, 0.1) is 35.6 Å². The van der Waals surface area contributed by atoms with Crippen molar-refractivity contribution in [3.8, 4) is 0 Å². The number of benzene rings is 3. The first-order valence-electron chi connectivity index (χ1n) is 21.5. The van der Waals surface area contributed by atoms with Gasteiger partial charge in [0.15, 0.2) is 23.6 Å². The molecule has 64 heavy (non-hydrogen) atoms. The maximum atomic E-state index is 15.6. The summed E-state index contributed by atoms with van der Waals surface area (Å²) in [6, 6.07) is 23.0. The molecule has 11 atom stereocenters. The van der Waals surface area contributed by atoms with Crippen LogP contribution in [0.5, 0.6) is 0 Å². The van der Waals surface area contributed by atoms with Gasteiger partial charge in [0.1, 0.15) is 23.9 Å². The van der Waals surface area contributed by atoms with Crippen molar-refractivity contribution in [1.29, 1.82) is 0 Å². The lowest BCUT2D eigenvalue weighted by Gasteiger charge is -2.67. The first-order valence-corrected chi connectivity index (χ1v) is 21.5. The molecule has 0 aromatic heterocycles. The minimum Gasteiger partial charge on any atom is -0.456 e. The van der Waals surface area contributed by atoms with Crippen molar-refractivity contribution in [1.82, 2.24) is 5.32 Å². The third-order valence-corrected chi connectivity index (χ3v) is 13.9. The largest absolute Gasteiger partial charge is 0.456 e. The van der Waals surface area contributed by atoms with E-state index in [0.29, 0.717) is 12.0 Å². The molecular formula is C49H55NO14. The molecule has 4 aliphatic rings. The van der Waals surface area contributed by atoms with Crippen LogP contribution >= 0.6 is 0 Å². The fourth-order valence-electron chi connectivity index (χ4n) is 10.4. The van der Waals surface area contributed by atoms with E-state index in [-0.39, 0.29) is 41.7 Å². The van der Waals surface area contributed by atoms with Crippen LogP contribution in [0.4, 0.5) is 0 Å². The van der Waals surface area contributed by atoms with Gasteiger partial charge >= 0.3 is 23.9 Å². The van der Waals surface area contributed by atoms with Gasteiger partial charge < -0.3 is 44.3 Å². The van der Waals surface area contributed by atoms with Crippen molar-refractivity contribution < 1.29 is 67.8 Å². The number of carbonyl (C=O) groups is 6. The zero-order chi connectivity index (χ0) is 46.4. The van der Waals surface area contributed by atoms with E-state index >= 15 is 4.79 Å². The molecule has 1 saturated heterocycles. The Hall–Kier alpha value is -5.74. The number of fused-ring (bicyclic) bond motifs is 5. The average Bonchev–Trinajstić information content (AvgIpc) is 3.27. The van der Waals surface area contributed by atoms with Gasteiger partial charge in [-0.05, 0) is 61.2 Å². The number of ketones is 1. The third kappa shape index (κ3) is 7.82. The monoisotopic (exact) mass is 881 g/mol. The molecule has 0 spiro atoms. The molecule has 0 unspecified atom stereocenters. The third-order valence-electron chi connectivity index (χ3n) is 13.9. The SMILES string of the molecule is CCCC(=O)O[C@@]12CO[C@@H]1C[C@H](O)[C@@]1(C)C(=O)[C@H](OC(C)=O)C3=C(C)[C@@H](OC(=O)[C@H](O)[C@@H](NC(=O)c4ccccc4)c4ccccc4)C[C@@](O)([C@@H](OC(=O)c4ccccc4)[C@H]21)C3(C)C. The Kier molecular flexibility index (Phi) is 12.8. The van der Waals surface area contributed by atoms with Crippen LogP contribution in [0.25, 0.3) is 0 Å². The highest BCUT2D eigenvalue weighted by Crippen LogP contribution is 2.64. The van der Waals surface area contributed by atoms with Gasteiger partial charge in [0, 0.05) is 37.2 Å². The van der Waals surface area contributed by atoms with Gasteiger partial charge in [-0.2, -0.15) is 0 Å². The Morgan fingerprint density at radius 1 is 0.875 bits per heavy atom. The number of nitrogens with one attached hydrogen (secondary N) is 1. The highest BCUT2D eigenvalue weighted by atomic mass is 16.6. The fraction of sp³-hybridized carbons (Fsp3) is 0.469. The minimum atomic E-state index is -2.39. The first kappa shape index (κ1) is 46.3. The summed E-state index contributed by atoms with van der Waals surface area (Å²) in [5.74, 6) is -6.69. The Labute approximate surface area is 371 Å². The van der Waals surface area contributed by atoms with E-state index in [4.69, 9.17) is 23.7 Å². The molecule has 15 nitrogen and oxygen atoms in total. The molecule has 1 aliphatic heterocycles. The van der Waals surface area contributed by atoms with Crippen molar-refractivity contribution in [3.63, 3.8) is 0 Å². The van der Waals surface area contributed by atoms with E-state index in [9.17, 15) is 39.3 Å². The van der Waals surface area contributed by atoms with E-state index in [1.807, 2.05) is 0 Å². The van der Waals surface area contributed by atoms with Crippen molar-refractivity contribution >= 4 is 35.6 Å². The zero-order valence-corrected chi connectivity index (χ0v) is 36.6. The molecule has 15 heteroatoms. The number of hydrogen-bond donors (Lipinski definition) is 4. The molecule has 7 rings (SSSR count). The molecule has 0 radical (unpaired) electrons. The van der Waals surface area contributed by atoms with Crippen LogP contribution in [0.3, 0.4) is 0 Å². The zero-order valence-electron chi connectivity index (χ0n) is 36.6. The minimum absolute atomic E-state index is 0.00220. The van der Waals surface area contributed by atoms with Gasteiger partial charge in [0.2, 0.25) is 0 Å². The molecule has 3 aromatic carbocycles. The van der Waals surface area contributed by atoms with Crippen LogP contribution in [0.2, 0.25) is 0 Å². The number of ether oxygens (including phenoxy) is 5. The van der Waals surface area contributed by atoms with Crippen molar-refractivity contribution in [2.45, 2.75) is 121 Å². The summed E-state index contributed by atoms with van der Waals surface area (Å²) in [7, 11) is 0. The van der Waals surface area contributed by atoms with Crippen LogP contribution < -0.4 is 5.32 Å². The number of carbonyl (C=O) groups excluding carboxylic acids is 6. The predicted molar refractivity (Wildman–Crippen MR) is 227 cm³/mol. The summed E-state index contributed by atoms with van der Waals surface area (Å²) >= 11 is 0. The number of aliphatic hydroxyl groups excluding tert-OH is 2. The van der Waals surface area contributed by atoms with Gasteiger partial charge in [-0.1, -0.05) is 87.5 Å². The maximum Gasteiger partial charge on any atom is 0.338 e. The number of Topliss-reactive ketones (excluding diaryl/α,β-unsaturated/α-hetero) is 1. The van der Waals surface area contributed by atoms with Gasteiger partial charge in [-0.15, -0.1) is 0 Å². The average molecular weight is 882 g/mol. The highest BCUT2D eigenvalue weighted by Gasteiger charge is 2.78. The molecule has 1 heterocycles. The normalized spacial score (nSPS) is 31.2. The molecule has 340 valence electrons. The van der Waals surface area contributed by atoms with Crippen molar-refractivity contribution in [3.05, 3.63) is 119 Å². The highest BCUT2D eigenvalue weighted by molar-refractivity contribution is 5.96. The molecule has 2 saturated carbocycles. The molecule has 1 amide bonds. The Morgan fingerprint density at radius 3 is 2.03 bits per heavy atom. The van der Waals surface area contributed by atoms with E-state index in [0.717, 1.165) is 6.92 Å². The Balaban J connectivity index is 1.39. The van der Waals surface area contributed by atoms with E-state index in [1.165, 1.54) is 26.0 Å². The molecule has 4 N–H and O–H groups in total. The number of aliphatic hydroxyl groups is 3. The standard InChI is InChI=1S/C49H55NO14/c1-7-17-35(53)64-48-26-60-34(48)24-33(52)47(6)40(48)42(63-44(57)31-22-15-10-16-23-31)49(59)25-32(27(2)36(46(49,4)5)39(41(47)55)61-28(3)51)62-45(58)38(54)37(29-18-11-8-12-19-29)50-43(56)30-20-13-9-14-21-30/h8-16,18-23,32-34,37-40,42,52,54,59H,7,17,24-26H2,1-6H3,(H,50,56)/t32-,33-,34+,37-,38+,39+,40-,42-,47+,48-,49+/m0/s1. The smallest absolute Gasteiger partial charge is 0.338 e. The lowest BCUT2D eigenvalue weighted by Crippen LogP contribution is -2.82. The van der Waals surface area contributed by atoms with Crippen LogP contribution in [0.15, 0.2) is 102 Å². The summed E-state index contributed by atoms with van der Waals surface area (Å²) in [5.41, 5.74) is -7.01. The molecule has 3 fully saturated rings. The maximum absolute atomic E-state index is 15.6. The lowest BCUT2D eigenvalue weighted by atomic mass is 9.44. The molecular weight excluding hydrogens is 827 g/mol. The molecule has 3 aromatic rings. The predicted octanol–water partition coefficient (Wildman–Crippen LogP) is 4.52. The summed E-state index contributed by atoms with van der Waals surface area (Å²) < 4.78 is 30.7. The number of rotatable bonds is 12. The number of esters is 4. The van der Waals surface area contributed by atoms with E-state index < -0.39 is 113 Å². The number of hydrogen-bond acceptors (Lipinski definition) is 14. The fourth-order valence-corrected chi connectivity index (χ4v) is 10.4. The van der Waals surface area contributed by atoms with Crippen LogP contribution in [-0.2, 0) is 42.9 Å². The molecule has 3 aliphatic carbocycles.